The Morgan fingerprint density at radius 1 is 0.886 bits per heavy atom. The summed E-state index contributed by atoms with van der Waals surface area (Å²) in [5, 5.41) is 14.8. The van der Waals surface area contributed by atoms with Crippen molar-refractivity contribution in [1.29, 1.82) is 0 Å². The highest BCUT2D eigenvalue weighted by molar-refractivity contribution is 6.27. The molecule has 1 aliphatic rings. The van der Waals surface area contributed by atoms with Gasteiger partial charge in [0.05, 0.1) is 19.8 Å². The Hall–Kier alpha value is -3.80. The number of benzene rings is 2. The summed E-state index contributed by atoms with van der Waals surface area (Å²) in [5.41, 5.74) is 0.127. The number of carbonyl (C=O) groups excluding carboxylic acids is 1. The number of alkyl halides is 3. The van der Waals surface area contributed by atoms with Crippen molar-refractivity contribution < 1.29 is 47.2 Å². The molecule has 0 aliphatic carbocycles. The maximum absolute atomic E-state index is 13.2. The maximum atomic E-state index is 13.2. The van der Waals surface area contributed by atoms with Crippen LogP contribution in [0.3, 0.4) is 0 Å². The minimum absolute atomic E-state index is 0.138. The van der Waals surface area contributed by atoms with E-state index >= 15 is 0 Å². The topological polar surface area (TPSA) is 117 Å². The zero-order valence-electron chi connectivity index (χ0n) is 19.0. The van der Waals surface area contributed by atoms with Gasteiger partial charge in [-0.15, -0.1) is 0 Å². The highest BCUT2D eigenvalue weighted by Crippen LogP contribution is 2.32. The SMILES string of the molecule is COc1ccc(C(=O)N2CCN(Cc3ccccc3C(F)(F)F)CC2)cc1OC.O=C(O)C(=O)O. The fourth-order valence-corrected chi connectivity index (χ4v) is 3.44. The summed E-state index contributed by atoms with van der Waals surface area (Å²) in [6.45, 7) is 2.10. The summed E-state index contributed by atoms with van der Waals surface area (Å²) in [5.74, 6) is -2.77. The molecular formula is C23H25F3N2O7. The second-order valence-electron chi connectivity index (χ2n) is 7.40. The van der Waals surface area contributed by atoms with Crippen LogP contribution >= 0.6 is 0 Å². The summed E-state index contributed by atoms with van der Waals surface area (Å²) >= 11 is 0. The van der Waals surface area contributed by atoms with E-state index in [2.05, 4.69) is 0 Å². The standard InChI is InChI=1S/C21H23F3N2O3.C2H2O4/c1-28-18-8-7-15(13-19(18)29-2)20(27)26-11-9-25(10-12-26)14-16-5-3-4-6-17(16)21(22,23)24;3-1(4)2(5)6/h3-8,13H,9-12,14H2,1-2H3;(H,3,4)(H,5,6). The van der Waals surface area contributed by atoms with Crippen LogP contribution in [0.5, 0.6) is 11.5 Å². The zero-order valence-corrected chi connectivity index (χ0v) is 19.0. The van der Waals surface area contributed by atoms with Crippen molar-refractivity contribution in [2.75, 3.05) is 40.4 Å². The lowest BCUT2D eigenvalue weighted by molar-refractivity contribution is -0.159. The van der Waals surface area contributed by atoms with Crippen molar-refractivity contribution in [1.82, 2.24) is 9.80 Å². The molecule has 0 atom stereocenters. The van der Waals surface area contributed by atoms with E-state index in [1.807, 2.05) is 4.90 Å². The molecule has 1 saturated heterocycles. The summed E-state index contributed by atoms with van der Waals surface area (Å²) in [6.07, 6.45) is -4.37. The van der Waals surface area contributed by atoms with Gasteiger partial charge in [0.2, 0.25) is 0 Å². The number of aliphatic carboxylic acids is 2. The molecule has 0 unspecified atom stereocenters. The van der Waals surface area contributed by atoms with E-state index in [1.165, 1.54) is 26.4 Å². The van der Waals surface area contributed by atoms with Gasteiger partial charge >= 0.3 is 18.1 Å². The molecule has 1 amide bonds. The van der Waals surface area contributed by atoms with Gasteiger partial charge < -0.3 is 24.6 Å². The molecule has 1 aliphatic heterocycles. The molecule has 0 spiro atoms. The van der Waals surface area contributed by atoms with E-state index in [0.29, 0.717) is 43.2 Å². The van der Waals surface area contributed by atoms with Gasteiger partial charge in [-0.3, -0.25) is 9.69 Å². The van der Waals surface area contributed by atoms with Gasteiger partial charge in [0.1, 0.15) is 0 Å². The van der Waals surface area contributed by atoms with Crippen molar-refractivity contribution in [2.24, 2.45) is 0 Å². The average molecular weight is 498 g/mol. The van der Waals surface area contributed by atoms with Crippen molar-refractivity contribution in [2.45, 2.75) is 12.7 Å². The van der Waals surface area contributed by atoms with Gasteiger partial charge in [0.25, 0.3) is 5.91 Å². The smallest absolute Gasteiger partial charge is 0.416 e. The molecule has 35 heavy (non-hydrogen) atoms. The predicted molar refractivity (Wildman–Crippen MR) is 117 cm³/mol. The molecular weight excluding hydrogens is 473 g/mol. The van der Waals surface area contributed by atoms with Gasteiger partial charge in [0, 0.05) is 38.3 Å². The van der Waals surface area contributed by atoms with Crippen molar-refractivity contribution >= 4 is 17.8 Å². The lowest BCUT2D eigenvalue weighted by atomic mass is 10.1. The van der Waals surface area contributed by atoms with E-state index in [-0.39, 0.29) is 18.0 Å². The third-order valence-corrected chi connectivity index (χ3v) is 5.19. The first kappa shape index (κ1) is 27.4. The van der Waals surface area contributed by atoms with E-state index in [1.54, 1.807) is 29.2 Å². The molecule has 2 aromatic carbocycles. The highest BCUT2D eigenvalue weighted by atomic mass is 19.4. The number of methoxy groups -OCH3 is 2. The molecule has 0 radical (unpaired) electrons. The number of ether oxygens (including phenoxy) is 2. The van der Waals surface area contributed by atoms with Crippen LogP contribution in [0.15, 0.2) is 42.5 Å². The van der Waals surface area contributed by atoms with Crippen molar-refractivity contribution in [3.05, 3.63) is 59.2 Å². The lowest BCUT2D eigenvalue weighted by Gasteiger charge is -2.35. The predicted octanol–water partition coefficient (Wildman–Crippen LogP) is 2.84. The number of carboxylic acids is 2. The molecule has 12 heteroatoms. The van der Waals surface area contributed by atoms with Crippen molar-refractivity contribution in [3.8, 4) is 11.5 Å². The largest absolute Gasteiger partial charge is 0.493 e. The molecule has 1 fully saturated rings. The molecule has 0 bridgehead atoms. The van der Waals surface area contributed by atoms with Gasteiger partial charge in [-0.05, 0) is 29.8 Å². The van der Waals surface area contributed by atoms with E-state index in [4.69, 9.17) is 29.3 Å². The van der Waals surface area contributed by atoms with E-state index in [0.717, 1.165) is 6.07 Å². The fourth-order valence-electron chi connectivity index (χ4n) is 3.44. The molecule has 9 nitrogen and oxygen atoms in total. The normalized spacial score (nSPS) is 13.9. The van der Waals surface area contributed by atoms with Gasteiger partial charge in [-0.25, -0.2) is 9.59 Å². The van der Waals surface area contributed by atoms with Crippen molar-refractivity contribution in [3.63, 3.8) is 0 Å². The summed E-state index contributed by atoms with van der Waals surface area (Å²) in [4.78, 5) is 34.6. The Balaban J connectivity index is 0.000000641. The number of halogens is 3. The quantitative estimate of drug-likeness (QED) is 0.605. The molecule has 0 aromatic heterocycles. The zero-order chi connectivity index (χ0) is 26.2. The third-order valence-electron chi connectivity index (χ3n) is 5.19. The molecule has 3 rings (SSSR count). The lowest BCUT2D eigenvalue weighted by Crippen LogP contribution is -2.48. The van der Waals surface area contributed by atoms with Crippen LogP contribution in [0.1, 0.15) is 21.5 Å². The van der Waals surface area contributed by atoms with Crippen LogP contribution in [0.25, 0.3) is 0 Å². The second kappa shape index (κ2) is 12.1. The number of rotatable bonds is 5. The van der Waals surface area contributed by atoms with Crippen LogP contribution in [0.2, 0.25) is 0 Å². The fraction of sp³-hybridized carbons (Fsp3) is 0.348. The first-order chi connectivity index (χ1) is 16.5. The number of carboxylic acid groups (broad SMARTS) is 2. The first-order valence-electron chi connectivity index (χ1n) is 10.3. The second-order valence-corrected chi connectivity index (χ2v) is 7.40. The highest BCUT2D eigenvalue weighted by Gasteiger charge is 2.33. The Morgan fingerprint density at radius 3 is 1.97 bits per heavy atom. The Labute approximate surface area is 199 Å². The van der Waals surface area contributed by atoms with Crippen LogP contribution in [-0.2, 0) is 22.3 Å². The summed E-state index contributed by atoms with van der Waals surface area (Å²) < 4.78 is 50.0. The molecule has 1 heterocycles. The number of amides is 1. The Morgan fingerprint density at radius 2 is 1.46 bits per heavy atom. The van der Waals surface area contributed by atoms with Gasteiger partial charge in [-0.2, -0.15) is 13.2 Å². The van der Waals surface area contributed by atoms with Crippen LogP contribution in [-0.4, -0.2) is 78.3 Å². The Bertz CT molecular complexity index is 1040. The molecule has 190 valence electrons. The van der Waals surface area contributed by atoms with Crippen LogP contribution < -0.4 is 9.47 Å². The first-order valence-corrected chi connectivity index (χ1v) is 10.3. The Kier molecular flexibility index (Phi) is 9.46. The van der Waals surface area contributed by atoms with E-state index in [9.17, 15) is 18.0 Å². The average Bonchev–Trinajstić information content (AvgIpc) is 2.83. The summed E-state index contributed by atoms with van der Waals surface area (Å²) in [7, 11) is 3.03. The number of nitrogens with zero attached hydrogens (tertiary/aromatic N) is 2. The summed E-state index contributed by atoms with van der Waals surface area (Å²) in [6, 6.07) is 10.6. The molecule has 2 N–H and O–H groups in total. The molecule has 2 aromatic rings. The molecule has 0 saturated carbocycles. The maximum Gasteiger partial charge on any atom is 0.416 e. The van der Waals surface area contributed by atoms with Crippen LogP contribution in [0.4, 0.5) is 13.2 Å². The monoisotopic (exact) mass is 498 g/mol. The number of hydrogen-bond acceptors (Lipinski definition) is 6. The minimum Gasteiger partial charge on any atom is -0.493 e. The third kappa shape index (κ3) is 7.60. The van der Waals surface area contributed by atoms with Gasteiger partial charge in [0.15, 0.2) is 11.5 Å². The van der Waals surface area contributed by atoms with Gasteiger partial charge in [-0.1, -0.05) is 18.2 Å². The van der Waals surface area contributed by atoms with E-state index < -0.39 is 23.7 Å². The number of carbonyl (C=O) groups is 3. The number of piperazine rings is 1. The van der Waals surface area contributed by atoms with Crippen LogP contribution in [0, 0.1) is 0 Å². The minimum atomic E-state index is -4.37. The number of hydrogen-bond donors (Lipinski definition) is 2.